The first-order chi connectivity index (χ1) is 9.70. The highest BCUT2D eigenvalue weighted by Crippen LogP contribution is 2.23. The summed E-state index contributed by atoms with van der Waals surface area (Å²) in [6.45, 7) is 5.17. The third-order valence-electron chi connectivity index (χ3n) is 3.76. The maximum atomic E-state index is 11.3. The Hall–Kier alpha value is -0.940. The SMILES string of the molecule is CCCCc1nc(CN2CCCCCC2)sc1C(=O)O. The molecule has 0 aromatic carbocycles. The molecule has 4 nitrogen and oxygen atoms in total. The smallest absolute Gasteiger partial charge is 0.347 e. The second-order valence-corrected chi connectivity index (χ2v) is 6.57. The van der Waals surface area contributed by atoms with E-state index >= 15 is 0 Å². The summed E-state index contributed by atoms with van der Waals surface area (Å²) in [7, 11) is 0. The summed E-state index contributed by atoms with van der Waals surface area (Å²) in [6, 6.07) is 0. The number of hydrogen-bond acceptors (Lipinski definition) is 4. The molecule has 20 heavy (non-hydrogen) atoms. The Kier molecular flexibility index (Phi) is 5.98. The maximum absolute atomic E-state index is 11.3. The first-order valence-corrected chi connectivity index (χ1v) is 8.46. The van der Waals surface area contributed by atoms with Crippen molar-refractivity contribution in [2.75, 3.05) is 13.1 Å². The van der Waals surface area contributed by atoms with Crippen molar-refractivity contribution in [3.8, 4) is 0 Å². The van der Waals surface area contributed by atoms with Gasteiger partial charge in [0.1, 0.15) is 9.88 Å². The Bertz CT molecular complexity index is 437. The van der Waals surface area contributed by atoms with E-state index in [1.807, 2.05) is 0 Å². The highest BCUT2D eigenvalue weighted by Gasteiger charge is 2.18. The lowest BCUT2D eigenvalue weighted by Crippen LogP contribution is -2.23. The van der Waals surface area contributed by atoms with Crippen molar-refractivity contribution in [2.24, 2.45) is 0 Å². The van der Waals surface area contributed by atoms with Crippen molar-refractivity contribution >= 4 is 17.3 Å². The summed E-state index contributed by atoms with van der Waals surface area (Å²) in [5.41, 5.74) is 0.786. The first-order valence-electron chi connectivity index (χ1n) is 7.65. The Balaban J connectivity index is 2.05. The summed E-state index contributed by atoms with van der Waals surface area (Å²) in [5.74, 6) is -0.823. The molecule has 0 amide bonds. The fourth-order valence-electron chi connectivity index (χ4n) is 2.63. The van der Waals surface area contributed by atoms with Crippen LogP contribution in [0.5, 0.6) is 0 Å². The van der Waals surface area contributed by atoms with Gasteiger partial charge in [0.25, 0.3) is 0 Å². The van der Waals surface area contributed by atoms with E-state index in [1.54, 1.807) is 0 Å². The Morgan fingerprint density at radius 2 is 2.00 bits per heavy atom. The van der Waals surface area contributed by atoms with Crippen LogP contribution in [0.25, 0.3) is 0 Å². The molecule has 1 aliphatic rings. The second-order valence-electron chi connectivity index (χ2n) is 5.48. The highest BCUT2D eigenvalue weighted by molar-refractivity contribution is 7.13. The summed E-state index contributed by atoms with van der Waals surface area (Å²) in [5, 5.41) is 10.3. The molecule has 0 spiro atoms. The van der Waals surface area contributed by atoms with E-state index in [0.29, 0.717) is 4.88 Å². The van der Waals surface area contributed by atoms with Crippen LogP contribution < -0.4 is 0 Å². The van der Waals surface area contributed by atoms with Crippen molar-refractivity contribution in [3.63, 3.8) is 0 Å². The molecular formula is C15H24N2O2S. The molecule has 1 saturated heterocycles. The number of unbranched alkanes of at least 4 members (excludes halogenated alkanes) is 1. The minimum atomic E-state index is -0.823. The van der Waals surface area contributed by atoms with Crippen LogP contribution in [0.2, 0.25) is 0 Å². The second kappa shape index (κ2) is 7.74. The van der Waals surface area contributed by atoms with Gasteiger partial charge in [-0.25, -0.2) is 9.78 Å². The van der Waals surface area contributed by atoms with E-state index in [0.717, 1.165) is 49.6 Å². The van der Waals surface area contributed by atoms with Gasteiger partial charge in [-0.2, -0.15) is 0 Å². The molecule has 0 radical (unpaired) electrons. The van der Waals surface area contributed by atoms with E-state index in [-0.39, 0.29) is 0 Å². The van der Waals surface area contributed by atoms with Crippen molar-refractivity contribution in [1.82, 2.24) is 9.88 Å². The third-order valence-corrected chi connectivity index (χ3v) is 4.83. The number of thiazole rings is 1. The number of nitrogens with zero attached hydrogens (tertiary/aromatic N) is 2. The fraction of sp³-hybridized carbons (Fsp3) is 0.733. The Labute approximate surface area is 124 Å². The van der Waals surface area contributed by atoms with Crippen LogP contribution in [0.3, 0.4) is 0 Å². The molecule has 112 valence electrons. The van der Waals surface area contributed by atoms with Crippen molar-refractivity contribution in [2.45, 2.75) is 58.4 Å². The molecule has 5 heteroatoms. The molecule has 2 heterocycles. The zero-order valence-electron chi connectivity index (χ0n) is 12.2. The molecule has 0 saturated carbocycles. The highest BCUT2D eigenvalue weighted by atomic mass is 32.1. The standard InChI is InChI=1S/C15H24N2O2S/c1-2-3-8-12-14(15(18)19)20-13(16-12)11-17-9-6-4-5-7-10-17/h2-11H2,1H3,(H,18,19). The Morgan fingerprint density at radius 1 is 1.30 bits per heavy atom. The molecule has 0 unspecified atom stereocenters. The summed E-state index contributed by atoms with van der Waals surface area (Å²) in [6.07, 6.45) is 7.99. The van der Waals surface area contributed by atoms with E-state index in [9.17, 15) is 9.90 Å². The Morgan fingerprint density at radius 3 is 2.60 bits per heavy atom. The molecule has 1 aliphatic heterocycles. The first kappa shape index (κ1) is 15.4. The average Bonchev–Trinajstić information content (AvgIpc) is 2.64. The van der Waals surface area contributed by atoms with E-state index in [2.05, 4.69) is 16.8 Å². The van der Waals surface area contributed by atoms with Crippen LogP contribution in [-0.2, 0) is 13.0 Å². The maximum Gasteiger partial charge on any atom is 0.347 e. The van der Waals surface area contributed by atoms with Crippen LogP contribution in [0.15, 0.2) is 0 Å². The van der Waals surface area contributed by atoms with Crippen LogP contribution in [0, 0.1) is 0 Å². The zero-order chi connectivity index (χ0) is 14.4. The number of aromatic nitrogens is 1. The van der Waals surface area contributed by atoms with Gasteiger partial charge < -0.3 is 5.11 Å². The van der Waals surface area contributed by atoms with Gasteiger partial charge in [0.15, 0.2) is 0 Å². The lowest BCUT2D eigenvalue weighted by molar-refractivity contribution is 0.0700. The van der Waals surface area contributed by atoms with Crippen molar-refractivity contribution in [1.29, 1.82) is 0 Å². The molecular weight excluding hydrogens is 272 g/mol. The minimum absolute atomic E-state index is 0.447. The number of carbonyl (C=O) groups is 1. The number of rotatable bonds is 6. The number of likely N-dealkylation sites (tertiary alicyclic amines) is 1. The van der Waals surface area contributed by atoms with Crippen molar-refractivity contribution in [3.05, 3.63) is 15.6 Å². The molecule has 0 atom stereocenters. The normalized spacial score (nSPS) is 17.1. The van der Waals surface area contributed by atoms with Gasteiger partial charge in [-0.1, -0.05) is 26.2 Å². The number of aryl methyl sites for hydroxylation is 1. The largest absolute Gasteiger partial charge is 0.477 e. The third kappa shape index (κ3) is 4.28. The van der Waals surface area contributed by atoms with Crippen LogP contribution in [0.4, 0.5) is 0 Å². The summed E-state index contributed by atoms with van der Waals surface area (Å²) in [4.78, 5) is 18.8. The monoisotopic (exact) mass is 296 g/mol. The van der Waals surface area contributed by atoms with Gasteiger partial charge in [-0.05, 0) is 38.8 Å². The predicted octanol–water partition coefficient (Wildman–Crippen LogP) is 3.56. The van der Waals surface area contributed by atoms with E-state index in [4.69, 9.17) is 0 Å². The number of aromatic carboxylic acids is 1. The van der Waals surface area contributed by atoms with Gasteiger partial charge in [-0.3, -0.25) is 4.90 Å². The number of hydrogen-bond donors (Lipinski definition) is 1. The zero-order valence-corrected chi connectivity index (χ0v) is 13.0. The average molecular weight is 296 g/mol. The van der Waals surface area contributed by atoms with Gasteiger partial charge >= 0.3 is 5.97 Å². The topological polar surface area (TPSA) is 53.4 Å². The van der Waals surface area contributed by atoms with Crippen LogP contribution >= 0.6 is 11.3 Å². The summed E-state index contributed by atoms with van der Waals surface area (Å²) < 4.78 is 0. The molecule has 1 aromatic heterocycles. The minimum Gasteiger partial charge on any atom is -0.477 e. The molecule has 1 N–H and O–H groups in total. The predicted molar refractivity (Wildman–Crippen MR) is 81.4 cm³/mol. The molecule has 2 rings (SSSR count). The van der Waals surface area contributed by atoms with Gasteiger partial charge in [0, 0.05) is 0 Å². The van der Waals surface area contributed by atoms with E-state index < -0.39 is 5.97 Å². The van der Waals surface area contributed by atoms with Gasteiger partial charge in [0.05, 0.1) is 12.2 Å². The fourth-order valence-corrected chi connectivity index (χ4v) is 3.63. The van der Waals surface area contributed by atoms with Gasteiger partial charge in [0.2, 0.25) is 0 Å². The molecule has 0 bridgehead atoms. The van der Waals surface area contributed by atoms with Crippen LogP contribution in [0.1, 0.15) is 65.8 Å². The molecule has 0 aliphatic carbocycles. The van der Waals surface area contributed by atoms with E-state index in [1.165, 1.54) is 37.0 Å². The number of carboxylic acids is 1. The van der Waals surface area contributed by atoms with Crippen molar-refractivity contribution < 1.29 is 9.90 Å². The number of carboxylic acid groups (broad SMARTS) is 1. The van der Waals surface area contributed by atoms with Gasteiger partial charge in [-0.15, -0.1) is 11.3 Å². The lowest BCUT2D eigenvalue weighted by Gasteiger charge is -2.17. The summed E-state index contributed by atoms with van der Waals surface area (Å²) >= 11 is 1.37. The molecule has 1 fully saturated rings. The lowest BCUT2D eigenvalue weighted by atomic mass is 10.2. The quantitative estimate of drug-likeness (QED) is 0.872. The van der Waals surface area contributed by atoms with Crippen LogP contribution in [-0.4, -0.2) is 34.0 Å². The molecule has 1 aromatic rings.